The number of carbonyl (C=O) groups is 4. The highest BCUT2D eigenvalue weighted by Gasteiger charge is 2.40. The highest BCUT2D eigenvalue weighted by atomic mass is 19.4. The van der Waals surface area contributed by atoms with Gasteiger partial charge in [-0.3, -0.25) is 24.2 Å². The van der Waals surface area contributed by atoms with E-state index >= 15 is 0 Å². The minimum Gasteiger partial charge on any atom is -0.480 e. The molecule has 1 aromatic carbocycles. The van der Waals surface area contributed by atoms with Gasteiger partial charge in [0, 0.05) is 24.7 Å². The minimum absolute atomic E-state index is 0.0213. The smallest absolute Gasteiger partial charge is 0.480 e. The lowest BCUT2D eigenvalue weighted by atomic mass is 9.94. The number of carbonyl (C=O) groups excluding carboxylic acids is 3. The van der Waals surface area contributed by atoms with Crippen LogP contribution in [0.15, 0.2) is 42.6 Å². The molecule has 2 heterocycles. The minimum atomic E-state index is -4.78. The number of Topliss-reactive ketones (excluding diaryl/α,β-unsaturated/α-hetero) is 1. The Labute approximate surface area is 185 Å². The number of hydrogen-bond donors (Lipinski definition) is 2. The number of halogens is 3. The molecule has 2 aromatic rings. The summed E-state index contributed by atoms with van der Waals surface area (Å²) in [4.78, 5) is 52.9. The van der Waals surface area contributed by atoms with Crippen molar-refractivity contribution in [1.29, 1.82) is 0 Å². The summed E-state index contributed by atoms with van der Waals surface area (Å²) >= 11 is 0. The van der Waals surface area contributed by atoms with E-state index in [1.54, 1.807) is 12.1 Å². The van der Waals surface area contributed by atoms with Crippen LogP contribution in [0, 0.1) is 5.92 Å². The van der Waals surface area contributed by atoms with Crippen LogP contribution in [0.2, 0.25) is 0 Å². The van der Waals surface area contributed by atoms with Gasteiger partial charge in [0.1, 0.15) is 12.3 Å². The van der Waals surface area contributed by atoms with Gasteiger partial charge in [0.15, 0.2) is 11.7 Å². The number of aliphatic carboxylic acids is 1. The molecular weight excluding hydrogens is 447 g/mol. The summed E-state index contributed by atoms with van der Waals surface area (Å²) in [7, 11) is 0. The Morgan fingerprint density at radius 2 is 1.79 bits per heavy atom. The number of carboxylic acids is 1. The number of nitrogens with zero attached hydrogens (tertiary/aromatic N) is 2. The molecule has 1 atom stereocenters. The number of aromatic nitrogens is 1. The highest BCUT2D eigenvalue weighted by Crippen LogP contribution is 2.26. The number of likely N-dealkylation sites (tertiary alicyclic amines) is 1. The summed E-state index contributed by atoms with van der Waals surface area (Å²) < 4.78 is 40.6. The molecule has 3 rings (SSSR count). The van der Waals surface area contributed by atoms with Crippen LogP contribution in [0.25, 0.3) is 11.1 Å². The van der Waals surface area contributed by atoms with Crippen molar-refractivity contribution < 1.29 is 42.2 Å². The van der Waals surface area contributed by atoms with Gasteiger partial charge in [0.2, 0.25) is 11.8 Å². The van der Waals surface area contributed by atoms with Gasteiger partial charge in [-0.25, -0.2) is 0 Å². The van der Waals surface area contributed by atoms with E-state index in [9.17, 15) is 32.3 Å². The van der Waals surface area contributed by atoms with Gasteiger partial charge in [0.25, 0.3) is 0 Å². The molecule has 1 aliphatic heterocycles. The lowest BCUT2D eigenvalue weighted by molar-refractivity contribution is -0.274. The molecule has 12 heteroatoms. The fourth-order valence-electron chi connectivity index (χ4n) is 3.23. The van der Waals surface area contributed by atoms with E-state index in [-0.39, 0.29) is 25.3 Å². The van der Waals surface area contributed by atoms with E-state index in [2.05, 4.69) is 9.72 Å². The van der Waals surface area contributed by atoms with Crippen LogP contribution < -0.4 is 10.1 Å². The van der Waals surface area contributed by atoms with Gasteiger partial charge < -0.3 is 20.1 Å². The maximum atomic E-state index is 12.6. The predicted molar refractivity (Wildman–Crippen MR) is 106 cm³/mol. The van der Waals surface area contributed by atoms with Gasteiger partial charge in [-0.05, 0) is 23.8 Å². The number of alkyl halides is 3. The first-order valence-electron chi connectivity index (χ1n) is 9.65. The molecule has 1 saturated heterocycles. The van der Waals surface area contributed by atoms with Crippen molar-refractivity contribution in [2.45, 2.75) is 19.3 Å². The number of amides is 2. The number of hydrogen-bond acceptors (Lipinski definition) is 6. The van der Waals surface area contributed by atoms with Crippen molar-refractivity contribution in [3.8, 4) is 16.9 Å². The third-order valence-corrected chi connectivity index (χ3v) is 4.78. The Morgan fingerprint density at radius 1 is 1.12 bits per heavy atom. The van der Waals surface area contributed by atoms with Gasteiger partial charge in [0.05, 0.1) is 12.2 Å². The summed E-state index contributed by atoms with van der Waals surface area (Å²) in [6, 6.07) is 8.51. The van der Waals surface area contributed by atoms with Crippen molar-refractivity contribution in [2.75, 3.05) is 13.1 Å². The molecule has 1 aromatic heterocycles. The second-order valence-electron chi connectivity index (χ2n) is 7.13. The largest absolute Gasteiger partial charge is 0.573 e. The highest BCUT2D eigenvalue weighted by molar-refractivity contribution is 6.19. The molecule has 2 N–H and O–H groups in total. The van der Waals surface area contributed by atoms with Crippen LogP contribution in [-0.2, 0) is 25.7 Å². The second-order valence-corrected chi connectivity index (χ2v) is 7.13. The third kappa shape index (κ3) is 6.28. The van der Waals surface area contributed by atoms with Gasteiger partial charge in [-0.1, -0.05) is 18.2 Å². The molecule has 0 aliphatic carbocycles. The van der Waals surface area contributed by atoms with Gasteiger partial charge in [-0.2, -0.15) is 0 Å². The maximum Gasteiger partial charge on any atom is 0.573 e. The Bertz CT molecular complexity index is 1050. The average molecular weight is 465 g/mol. The molecular formula is C21H18F3N3O6. The molecule has 0 spiro atoms. The number of pyridine rings is 1. The number of piperidine rings is 1. The van der Waals surface area contributed by atoms with Crippen molar-refractivity contribution in [2.24, 2.45) is 5.92 Å². The molecule has 174 valence electrons. The first kappa shape index (κ1) is 23.7. The number of rotatable bonds is 7. The van der Waals surface area contributed by atoms with E-state index in [1.807, 2.05) is 5.32 Å². The van der Waals surface area contributed by atoms with Gasteiger partial charge in [-0.15, -0.1) is 13.2 Å². The molecule has 0 radical (unpaired) electrons. The molecule has 1 unspecified atom stereocenters. The predicted octanol–water partition coefficient (Wildman–Crippen LogP) is 1.77. The van der Waals surface area contributed by atoms with Crippen LogP contribution in [0.4, 0.5) is 13.2 Å². The lowest BCUT2D eigenvalue weighted by Crippen LogP contribution is -2.52. The Hall–Kier alpha value is -3.96. The van der Waals surface area contributed by atoms with Crippen molar-refractivity contribution in [3.63, 3.8) is 0 Å². The number of ether oxygens (including phenoxy) is 1. The zero-order valence-corrected chi connectivity index (χ0v) is 17.0. The fourth-order valence-corrected chi connectivity index (χ4v) is 3.23. The zero-order valence-electron chi connectivity index (χ0n) is 17.0. The SMILES string of the molecule is O=C(O)CNC(=O)C1C(=O)CCN(Cc2ccc(-c3ccc(OC(F)(F)F)cc3)cn2)C1=O. The summed E-state index contributed by atoms with van der Waals surface area (Å²) in [6.45, 7) is -0.597. The summed E-state index contributed by atoms with van der Waals surface area (Å²) in [6.07, 6.45) is -3.36. The van der Waals surface area contributed by atoms with Crippen LogP contribution in [0.1, 0.15) is 12.1 Å². The average Bonchev–Trinajstić information content (AvgIpc) is 2.74. The Kier molecular flexibility index (Phi) is 6.95. The number of benzene rings is 1. The summed E-state index contributed by atoms with van der Waals surface area (Å²) in [5.74, 6) is -5.53. The molecule has 0 bridgehead atoms. The van der Waals surface area contributed by atoms with Crippen molar-refractivity contribution >= 4 is 23.6 Å². The second kappa shape index (κ2) is 9.67. The van der Waals surface area contributed by atoms with Crippen LogP contribution in [0.3, 0.4) is 0 Å². The van der Waals surface area contributed by atoms with Crippen molar-refractivity contribution in [1.82, 2.24) is 15.2 Å². The molecule has 1 aliphatic rings. The zero-order chi connectivity index (χ0) is 24.2. The Balaban J connectivity index is 1.65. The Morgan fingerprint density at radius 3 is 2.36 bits per heavy atom. The first-order valence-corrected chi connectivity index (χ1v) is 9.65. The van der Waals surface area contributed by atoms with Crippen LogP contribution >= 0.6 is 0 Å². The van der Waals surface area contributed by atoms with E-state index in [0.717, 1.165) is 0 Å². The molecule has 33 heavy (non-hydrogen) atoms. The number of ketones is 1. The monoisotopic (exact) mass is 465 g/mol. The van der Waals surface area contributed by atoms with E-state index < -0.39 is 42.4 Å². The normalized spacial score (nSPS) is 16.5. The summed E-state index contributed by atoms with van der Waals surface area (Å²) in [5, 5.41) is 10.7. The quantitative estimate of drug-likeness (QED) is 0.597. The number of nitrogens with one attached hydrogen (secondary N) is 1. The van der Waals surface area contributed by atoms with E-state index in [0.29, 0.717) is 16.8 Å². The van der Waals surface area contributed by atoms with Crippen LogP contribution in [0.5, 0.6) is 5.75 Å². The van der Waals surface area contributed by atoms with Gasteiger partial charge >= 0.3 is 12.3 Å². The van der Waals surface area contributed by atoms with Crippen LogP contribution in [-0.4, -0.2) is 58.0 Å². The molecule has 1 fully saturated rings. The fraction of sp³-hybridized carbons (Fsp3) is 0.286. The first-order chi connectivity index (χ1) is 15.5. The maximum absolute atomic E-state index is 12.6. The third-order valence-electron chi connectivity index (χ3n) is 4.78. The molecule has 2 amide bonds. The van der Waals surface area contributed by atoms with E-state index in [4.69, 9.17) is 5.11 Å². The standard InChI is InChI=1S/C21H18F3N3O6/c22-21(23,24)33-15-5-2-12(3-6-15)13-1-4-14(25-9-13)11-27-8-7-16(28)18(20(27)32)19(31)26-10-17(29)30/h1-6,9,18H,7-8,10-11H2,(H,26,31)(H,29,30). The molecule has 9 nitrogen and oxygen atoms in total. The number of carboxylic acid groups (broad SMARTS) is 1. The van der Waals surface area contributed by atoms with Crippen molar-refractivity contribution in [3.05, 3.63) is 48.3 Å². The molecule has 0 saturated carbocycles. The van der Waals surface area contributed by atoms with E-state index in [1.165, 1.54) is 35.4 Å². The lowest BCUT2D eigenvalue weighted by Gasteiger charge is -2.30. The summed E-state index contributed by atoms with van der Waals surface area (Å²) in [5.41, 5.74) is 1.67. The topological polar surface area (TPSA) is 126 Å².